The minimum atomic E-state index is -4.26. The van der Waals surface area contributed by atoms with E-state index >= 15 is 0 Å². The third kappa shape index (κ3) is 2.96. The van der Waals surface area contributed by atoms with Crippen molar-refractivity contribution in [3.63, 3.8) is 0 Å². The zero-order valence-electron chi connectivity index (χ0n) is 10.3. The van der Waals surface area contributed by atoms with Crippen molar-refractivity contribution in [2.45, 2.75) is 25.6 Å². The molecular weight excluding hydrogens is 241 g/mol. The highest BCUT2D eigenvalue weighted by Crippen LogP contribution is 2.30. The van der Waals surface area contributed by atoms with Gasteiger partial charge in [0.15, 0.2) is 0 Å². The molecule has 0 bridgehead atoms. The third-order valence-corrected chi connectivity index (χ3v) is 3.31. The molecular formula is C13H17F3N2. The lowest BCUT2D eigenvalue weighted by atomic mass is 10.1. The van der Waals surface area contributed by atoms with Gasteiger partial charge in [-0.25, -0.2) is 0 Å². The highest BCUT2D eigenvalue weighted by atomic mass is 19.4. The molecule has 1 atom stereocenters. The Balaban J connectivity index is 2.09. The number of benzene rings is 1. The number of nitrogens with zero attached hydrogens (tertiary/aromatic N) is 1. The molecule has 1 saturated heterocycles. The summed E-state index contributed by atoms with van der Waals surface area (Å²) in [5.41, 5.74) is 0.274. The van der Waals surface area contributed by atoms with Crippen molar-refractivity contribution in [2.75, 3.05) is 24.5 Å². The van der Waals surface area contributed by atoms with Gasteiger partial charge in [-0.05, 0) is 30.7 Å². The van der Waals surface area contributed by atoms with Crippen molar-refractivity contribution in [3.05, 3.63) is 29.8 Å². The molecule has 0 spiro atoms. The molecule has 0 saturated carbocycles. The van der Waals surface area contributed by atoms with E-state index in [2.05, 4.69) is 17.1 Å². The SMILES string of the molecule is CCC1CN(c2ccc(C(F)(F)F)cc2)CCN1. The first-order valence-electron chi connectivity index (χ1n) is 6.16. The monoisotopic (exact) mass is 258 g/mol. The summed E-state index contributed by atoms with van der Waals surface area (Å²) < 4.78 is 37.4. The van der Waals surface area contributed by atoms with Crippen molar-refractivity contribution < 1.29 is 13.2 Å². The Bertz CT molecular complexity index is 386. The molecule has 1 aliphatic heterocycles. The molecule has 0 radical (unpaired) electrons. The molecule has 1 aromatic carbocycles. The lowest BCUT2D eigenvalue weighted by molar-refractivity contribution is -0.137. The van der Waals surface area contributed by atoms with Crippen LogP contribution in [-0.2, 0) is 6.18 Å². The number of hydrogen-bond donors (Lipinski definition) is 1. The summed E-state index contributed by atoms with van der Waals surface area (Å²) in [5.74, 6) is 0. The lowest BCUT2D eigenvalue weighted by Crippen LogP contribution is -2.50. The molecule has 1 aliphatic rings. The number of piperazine rings is 1. The van der Waals surface area contributed by atoms with Gasteiger partial charge in [0, 0.05) is 31.4 Å². The first-order valence-corrected chi connectivity index (χ1v) is 6.16. The van der Waals surface area contributed by atoms with Crippen molar-refractivity contribution in [1.29, 1.82) is 0 Å². The van der Waals surface area contributed by atoms with E-state index in [9.17, 15) is 13.2 Å². The highest BCUT2D eigenvalue weighted by molar-refractivity contribution is 5.48. The number of halogens is 3. The third-order valence-electron chi connectivity index (χ3n) is 3.31. The molecule has 2 nitrogen and oxygen atoms in total. The maximum absolute atomic E-state index is 12.5. The number of anilines is 1. The second-order valence-corrected chi connectivity index (χ2v) is 4.55. The summed E-state index contributed by atoms with van der Waals surface area (Å²) >= 11 is 0. The molecule has 0 aliphatic carbocycles. The minimum Gasteiger partial charge on any atom is -0.369 e. The predicted molar refractivity (Wildman–Crippen MR) is 65.7 cm³/mol. The van der Waals surface area contributed by atoms with Gasteiger partial charge in [-0.3, -0.25) is 0 Å². The van der Waals surface area contributed by atoms with Crippen LogP contribution in [-0.4, -0.2) is 25.7 Å². The van der Waals surface area contributed by atoms with Crippen molar-refractivity contribution in [3.8, 4) is 0 Å². The van der Waals surface area contributed by atoms with E-state index in [-0.39, 0.29) is 0 Å². The van der Waals surface area contributed by atoms with Gasteiger partial charge in [-0.15, -0.1) is 0 Å². The highest BCUT2D eigenvalue weighted by Gasteiger charge is 2.30. The van der Waals surface area contributed by atoms with Crippen molar-refractivity contribution in [2.24, 2.45) is 0 Å². The van der Waals surface area contributed by atoms with Crippen LogP contribution in [0.1, 0.15) is 18.9 Å². The van der Waals surface area contributed by atoms with Crippen LogP contribution in [0.5, 0.6) is 0 Å². The van der Waals surface area contributed by atoms with Crippen LogP contribution in [0.2, 0.25) is 0 Å². The molecule has 1 heterocycles. The van der Waals surface area contributed by atoms with E-state index in [0.29, 0.717) is 6.04 Å². The number of hydrogen-bond acceptors (Lipinski definition) is 2. The lowest BCUT2D eigenvalue weighted by Gasteiger charge is -2.35. The fourth-order valence-corrected chi connectivity index (χ4v) is 2.19. The number of alkyl halides is 3. The molecule has 1 fully saturated rings. The molecule has 5 heteroatoms. The number of rotatable bonds is 2. The zero-order valence-corrected chi connectivity index (χ0v) is 10.3. The van der Waals surface area contributed by atoms with Crippen molar-refractivity contribution >= 4 is 5.69 Å². The quantitative estimate of drug-likeness (QED) is 0.877. The van der Waals surface area contributed by atoms with Gasteiger partial charge in [0.25, 0.3) is 0 Å². The first-order chi connectivity index (χ1) is 8.50. The molecule has 1 unspecified atom stereocenters. The Morgan fingerprint density at radius 2 is 1.94 bits per heavy atom. The maximum atomic E-state index is 12.5. The van der Waals surface area contributed by atoms with Crippen LogP contribution in [0.25, 0.3) is 0 Å². The summed E-state index contributed by atoms with van der Waals surface area (Å²) in [6, 6.07) is 5.83. The Morgan fingerprint density at radius 1 is 1.28 bits per heavy atom. The van der Waals surface area contributed by atoms with Gasteiger partial charge in [-0.1, -0.05) is 6.92 Å². The molecule has 100 valence electrons. The molecule has 1 N–H and O–H groups in total. The van der Waals surface area contributed by atoms with E-state index in [1.807, 2.05) is 0 Å². The maximum Gasteiger partial charge on any atom is 0.416 e. The van der Waals surface area contributed by atoms with Gasteiger partial charge in [-0.2, -0.15) is 13.2 Å². The van der Waals surface area contributed by atoms with Gasteiger partial charge in [0.1, 0.15) is 0 Å². The molecule has 2 rings (SSSR count). The van der Waals surface area contributed by atoms with Crippen LogP contribution < -0.4 is 10.2 Å². The molecule has 18 heavy (non-hydrogen) atoms. The fraction of sp³-hybridized carbons (Fsp3) is 0.538. The standard InChI is InChI=1S/C13H17F3N2/c1-2-11-9-18(8-7-17-11)12-5-3-10(4-6-12)13(14,15)16/h3-6,11,17H,2,7-9H2,1H3. The van der Waals surface area contributed by atoms with Gasteiger partial charge in [0.05, 0.1) is 5.56 Å². The average Bonchev–Trinajstić information content (AvgIpc) is 2.38. The van der Waals surface area contributed by atoms with Gasteiger partial charge >= 0.3 is 6.18 Å². The van der Waals surface area contributed by atoms with Crippen LogP contribution in [0, 0.1) is 0 Å². The largest absolute Gasteiger partial charge is 0.416 e. The van der Waals surface area contributed by atoms with Gasteiger partial charge in [0.2, 0.25) is 0 Å². The molecule has 0 aromatic heterocycles. The van der Waals surface area contributed by atoms with Crippen LogP contribution in [0.15, 0.2) is 24.3 Å². The smallest absolute Gasteiger partial charge is 0.369 e. The predicted octanol–water partition coefficient (Wildman–Crippen LogP) is 2.89. The first kappa shape index (κ1) is 13.2. The van der Waals surface area contributed by atoms with E-state index in [1.165, 1.54) is 0 Å². The summed E-state index contributed by atoms with van der Waals surface area (Å²) in [4.78, 5) is 2.13. The summed E-state index contributed by atoms with van der Waals surface area (Å²) in [6.45, 7) is 4.66. The summed E-state index contributed by atoms with van der Waals surface area (Å²) in [6.07, 6.45) is -3.23. The molecule has 1 aromatic rings. The normalized spacial score (nSPS) is 21.1. The Morgan fingerprint density at radius 3 is 2.50 bits per heavy atom. The minimum absolute atomic E-state index is 0.418. The Labute approximate surface area is 105 Å². The van der Waals surface area contributed by atoms with E-state index < -0.39 is 11.7 Å². The fourth-order valence-electron chi connectivity index (χ4n) is 2.19. The Kier molecular flexibility index (Phi) is 3.80. The zero-order chi connectivity index (χ0) is 13.2. The van der Waals surface area contributed by atoms with Crippen molar-refractivity contribution in [1.82, 2.24) is 5.32 Å². The Hall–Kier alpha value is -1.23. The topological polar surface area (TPSA) is 15.3 Å². The van der Waals surface area contributed by atoms with Crippen LogP contribution >= 0.6 is 0 Å². The summed E-state index contributed by atoms with van der Waals surface area (Å²) in [7, 11) is 0. The van der Waals surface area contributed by atoms with E-state index in [0.717, 1.165) is 43.9 Å². The molecule has 0 amide bonds. The van der Waals surface area contributed by atoms with E-state index in [4.69, 9.17) is 0 Å². The van der Waals surface area contributed by atoms with Gasteiger partial charge < -0.3 is 10.2 Å². The second kappa shape index (κ2) is 5.18. The van der Waals surface area contributed by atoms with Crippen LogP contribution in [0.3, 0.4) is 0 Å². The second-order valence-electron chi connectivity index (χ2n) is 4.55. The van der Waals surface area contributed by atoms with E-state index in [1.54, 1.807) is 12.1 Å². The number of nitrogens with one attached hydrogen (secondary N) is 1. The summed E-state index contributed by atoms with van der Waals surface area (Å²) in [5, 5.41) is 3.38. The average molecular weight is 258 g/mol. The van der Waals surface area contributed by atoms with Crippen LogP contribution in [0.4, 0.5) is 18.9 Å².